The molecule has 0 saturated heterocycles. The van der Waals surface area contributed by atoms with Crippen LogP contribution in [0.2, 0.25) is 0 Å². The molecule has 0 bridgehead atoms. The van der Waals surface area contributed by atoms with Gasteiger partial charge in [0.2, 0.25) is 0 Å². The van der Waals surface area contributed by atoms with Gasteiger partial charge in [0, 0.05) is 18.0 Å². The topological polar surface area (TPSA) is 56.7 Å². The van der Waals surface area contributed by atoms with Gasteiger partial charge >= 0.3 is 0 Å². The van der Waals surface area contributed by atoms with Crippen LogP contribution in [0, 0.1) is 13.8 Å². The van der Waals surface area contributed by atoms with Gasteiger partial charge in [-0.05, 0) is 43.2 Å². The molecule has 0 saturated carbocycles. The van der Waals surface area contributed by atoms with Crippen molar-refractivity contribution in [2.75, 3.05) is 5.73 Å². The zero-order valence-electron chi connectivity index (χ0n) is 10.4. The number of aryl methyl sites for hydroxylation is 2. The van der Waals surface area contributed by atoms with Crippen molar-refractivity contribution < 1.29 is 0 Å². The van der Waals surface area contributed by atoms with Gasteiger partial charge in [-0.1, -0.05) is 0 Å². The Balaban J connectivity index is 2.27. The van der Waals surface area contributed by atoms with Gasteiger partial charge in [0.05, 0.1) is 11.0 Å². The molecule has 2 heterocycles. The number of nitrogens with zero attached hydrogens (tertiary/aromatic N) is 3. The van der Waals surface area contributed by atoms with E-state index in [0.29, 0.717) is 5.69 Å². The van der Waals surface area contributed by atoms with E-state index in [1.807, 2.05) is 10.6 Å². The molecule has 0 aliphatic carbocycles. The summed E-state index contributed by atoms with van der Waals surface area (Å²) < 4.78 is 1.96. The van der Waals surface area contributed by atoms with Crippen molar-refractivity contribution in [3.63, 3.8) is 0 Å². The van der Waals surface area contributed by atoms with Crippen molar-refractivity contribution in [3.05, 3.63) is 47.9 Å². The van der Waals surface area contributed by atoms with E-state index in [1.165, 1.54) is 11.1 Å². The lowest BCUT2D eigenvalue weighted by molar-refractivity contribution is 1.02. The first kappa shape index (κ1) is 10.8. The van der Waals surface area contributed by atoms with E-state index in [2.05, 4.69) is 35.9 Å². The molecule has 0 spiro atoms. The lowest BCUT2D eigenvalue weighted by Gasteiger charge is -2.05. The molecule has 0 fully saturated rings. The average Bonchev–Trinajstić information content (AvgIpc) is 2.73. The van der Waals surface area contributed by atoms with Crippen LogP contribution in [0.5, 0.6) is 0 Å². The van der Waals surface area contributed by atoms with Crippen molar-refractivity contribution in [2.24, 2.45) is 0 Å². The lowest BCUT2D eigenvalue weighted by Crippen LogP contribution is -1.97. The zero-order valence-corrected chi connectivity index (χ0v) is 10.4. The Morgan fingerprint density at radius 2 is 1.83 bits per heavy atom. The average molecular weight is 238 g/mol. The Hall–Kier alpha value is -2.36. The van der Waals surface area contributed by atoms with E-state index < -0.39 is 0 Å². The molecule has 0 radical (unpaired) electrons. The Labute approximate surface area is 105 Å². The molecule has 4 nitrogen and oxygen atoms in total. The number of imidazole rings is 1. The largest absolute Gasteiger partial charge is 0.399 e. The molecule has 0 aliphatic heterocycles. The molecule has 1 aromatic carbocycles. The fourth-order valence-corrected chi connectivity index (χ4v) is 2.01. The Morgan fingerprint density at radius 3 is 2.61 bits per heavy atom. The number of aromatic nitrogens is 3. The number of hydrogen-bond donors (Lipinski definition) is 1. The van der Waals surface area contributed by atoms with Gasteiger partial charge in [0.1, 0.15) is 12.1 Å². The molecule has 4 heteroatoms. The summed E-state index contributed by atoms with van der Waals surface area (Å²) >= 11 is 0. The molecule has 2 aromatic heterocycles. The minimum absolute atomic E-state index is 0.700. The quantitative estimate of drug-likeness (QED) is 0.709. The van der Waals surface area contributed by atoms with Crippen LogP contribution >= 0.6 is 0 Å². The first-order chi connectivity index (χ1) is 8.65. The standard InChI is InChI=1S/C14H14N4/c1-9-5-12-13(6-10(9)2)18(8-17-12)14-7-11(15)3-4-16-14/h3-8H,1-2H3,(H2,15,16). The fraction of sp³-hybridized carbons (Fsp3) is 0.143. The van der Waals surface area contributed by atoms with Crippen LogP contribution in [0.3, 0.4) is 0 Å². The second kappa shape index (κ2) is 3.84. The maximum Gasteiger partial charge on any atom is 0.140 e. The second-order valence-corrected chi connectivity index (χ2v) is 4.49. The number of nitrogen functional groups attached to an aromatic ring is 1. The van der Waals surface area contributed by atoms with Gasteiger partial charge in [0.25, 0.3) is 0 Å². The third kappa shape index (κ3) is 1.62. The van der Waals surface area contributed by atoms with Crippen LogP contribution in [0.15, 0.2) is 36.8 Å². The highest BCUT2D eigenvalue weighted by Crippen LogP contribution is 2.21. The summed E-state index contributed by atoms with van der Waals surface area (Å²) in [6.07, 6.45) is 3.49. The summed E-state index contributed by atoms with van der Waals surface area (Å²) in [5.41, 5.74) is 11.0. The van der Waals surface area contributed by atoms with Crippen molar-refractivity contribution in [3.8, 4) is 5.82 Å². The van der Waals surface area contributed by atoms with E-state index in [1.54, 1.807) is 18.6 Å². The predicted octanol–water partition coefficient (Wildman–Crippen LogP) is 2.62. The van der Waals surface area contributed by atoms with Crippen LogP contribution < -0.4 is 5.73 Å². The molecule has 0 atom stereocenters. The lowest BCUT2D eigenvalue weighted by atomic mass is 10.1. The number of hydrogen-bond acceptors (Lipinski definition) is 3. The van der Waals surface area contributed by atoms with Crippen LogP contribution in [0.1, 0.15) is 11.1 Å². The maximum absolute atomic E-state index is 5.79. The molecular formula is C14H14N4. The molecule has 18 heavy (non-hydrogen) atoms. The summed E-state index contributed by atoms with van der Waals surface area (Å²) in [5.74, 6) is 0.792. The van der Waals surface area contributed by atoms with E-state index in [0.717, 1.165) is 16.9 Å². The molecule has 90 valence electrons. The van der Waals surface area contributed by atoms with Gasteiger partial charge < -0.3 is 5.73 Å². The highest BCUT2D eigenvalue weighted by molar-refractivity contribution is 5.79. The smallest absolute Gasteiger partial charge is 0.140 e. The summed E-state index contributed by atoms with van der Waals surface area (Å²) in [6.45, 7) is 4.19. The second-order valence-electron chi connectivity index (χ2n) is 4.49. The van der Waals surface area contributed by atoms with E-state index in [-0.39, 0.29) is 0 Å². The highest BCUT2D eigenvalue weighted by Gasteiger charge is 2.07. The number of anilines is 1. The summed E-state index contributed by atoms with van der Waals surface area (Å²) in [4.78, 5) is 8.74. The molecule has 3 aromatic rings. The monoisotopic (exact) mass is 238 g/mol. The zero-order chi connectivity index (χ0) is 12.7. The highest BCUT2D eigenvalue weighted by atomic mass is 15.1. The maximum atomic E-state index is 5.79. The van der Waals surface area contributed by atoms with Crippen LogP contribution in [-0.4, -0.2) is 14.5 Å². The minimum atomic E-state index is 0.700. The number of benzene rings is 1. The third-order valence-electron chi connectivity index (χ3n) is 3.18. The SMILES string of the molecule is Cc1cc2ncn(-c3cc(N)ccn3)c2cc1C. The molecule has 0 amide bonds. The minimum Gasteiger partial charge on any atom is -0.399 e. The molecule has 2 N–H and O–H groups in total. The van der Waals surface area contributed by atoms with Crippen LogP contribution in [0.4, 0.5) is 5.69 Å². The molecule has 0 unspecified atom stereocenters. The fourth-order valence-electron chi connectivity index (χ4n) is 2.01. The van der Waals surface area contributed by atoms with E-state index >= 15 is 0 Å². The summed E-state index contributed by atoms with van der Waals surface area (Å²) in [7, 11) is 0. The number of fused-ring (bicyclic) bond motifs is 1. The predicted molar refractivity (Wildman–Crippen MR) is 72.8 cm³/mol. The molecular weight excluding hydrogens is 224 g/mol. The first-order valence-electron chi connectivity index (χ1n) is 5.81. The summed E-state index contributed by atoms with van der Waals surface area (Å²) in [5, 5.41) is 0. The number of rotatable bonds is 1. The van der Waals surface area contributed by atoms with Crippen LogP contribution in [0.25, 0.3) is 16.9 Å². The Kier molecular flexibility index (Phi) is 2.30. The van der Waals surface area contributed by atoms with Crippen molar-refractivity contribution in [2.45, 2.75) is 13.8 Å². The Bertz CT molecular complexity index is 728. The van der Waals surface area contributed by atoms with Gasteiger partial charge in [-0.3, -0.25) is 4.57 Å². The molecule has 3 rings (SSSR count). The molecule has 0 aliphatic rings. The van der Waals surface area contributed by atoms with Gasteiger partial charge in [0.15, 0.2) is 0 Å². The van der Waals surface area contributed by atoms with E-state index in [9.17, 15) is 0 Å². The number of pyridine rings is 1. The number of nitrogens with two attached hydrogens (primary N) is 1. The van der Waals surface area contributed by atoms with Crippen LogP contribution in [-0.2, 0) is 0 Å². The summed E-state index contributed by atoms with van der Waals surface area (Å²) in [6, 6.07) is 7.84. The van der Waals surface area contributed by atoms with Crippen molar-refractivity contribution >= 4 is 16.7 Å². The van der Waals surface area contributed by atoms with Gasteiger partial charge in [-0.15, -0.1) is 0 Å². The van der Waals surface area contributed by atoms with Crippen molar-refractivity contribution in [1.29, 1.82) is 0 Å². The first-order valence-corrected chi connectivity index (χ1v) is 5.81. The Morgan fingerprint density at radius 1 is 1.06 bits per heavy atom. The van der Waals surface area contributed by atoms with Gasteiger partial charge in [-0.2, -0.15) is 0 Å². The van der Waals surface area contributed by atoms with Gasteiger partial charge in [-0.25, -0.2) is 9.97 Å². The van der Waals surface area contributed by atoms with E-state index in [4.69, 9.17) is 5.73 Å². The van der Waals surface area contributed by atoms with Crippen molar-refractivity contribution in [1.82, 2.24) is 14.5 Å². The third-order valence-corrected chi connectivity index (χ3v) is 3.18. The normalized spacial score (nSPS) is 11.0.